The molecule has 2 aromatic rings. The van der Waals surface area contributed by atoms with Gasteiger partial charge in [-0.1, -0.05) is 89.2 Å². The molecule has 214 valence electrons. The fourth-order valence-corrected chi connectivity index (χ4v) is 4.70. The Labute approximate surface area is 239 Å². The Balaban J connectivity index is 0.00000533. The number of benzene rings is 2. The smallest absolute Gasteiger partial charge is 0.243 e. The van der Waals surface area contributed by atoms with Crippen molar-refractivity contribution in [3.8, 4) is 0 Å². The molecule has 1 aliphatic heterocycles. The predicted octanol–water partition coefficient (Wildman–Crippen LogP) is 4.24. The topological polar surface area (TPSA) is 90.5 Å². The van der Waals surface area contributed by atoms with Gasteiger partial charge >= 0.3 is 0 Å². The summed E-state index contributed by atoms with van der Waals surface area (Å²) in [5.74, 6) is 0.0337. The molecule has 2 atom stereocenters. The molecule has 1 aliphatic rings. The monoisotopic (exact) mass is 556 g/mol. The molecule has 3 amide bonds. The zero-order valence-electron chi connectivity index (χ0n) is 24.0. The van der Waals surface area contributed by atoms with E-state index in [1.165, 1.54) is 0 Å². The molecule has 3 N–H and O–H groups in total. The van der Waals surface area contributed by atoms with Crippen LogP contribution in [0.1, 0.15) is 53.0 Å². The molecule has 8 heteroatoms. The second-order valence-corrected chi connectivity index (χ2v) is 11.6. The van der Waals surface area contributed by atoms with Crippen LogP contribution in [-0.4, -0.2) is 60.9 Å². The lowest BCUT2D eigenvalue weighted by atomic mass is 9.94. The molecule has 39 heavy (non-hydrogen) atoms. The van der Waals surface area contributed by atoms with Crippen LogP contribution in [0.2, 0.25) is 0 Å². The van der Waals surface area contributed by atoms with Crippen LogP contribution in [0.4, 0.5) is 0 Å². The predicted molar refractivity (Wildman–Crippen MR) is 161 cm³/mol. The molecule has 0 saturated carbocycles. The summed E-state index contributed by atoms with van der Waals surface area (Å²) in [6.45, 7) is 12.5. The average Bonchev–Trinajstić information content (AvgIpc) is 3.36. The van der Waals surface area contributed by atoms with E-state index in [2.05, 4.69) is 35.9 Å². The van der Waals surface area contributed by atoms with E-state index < -0.39 is 17.5 Å². The Kier molecular flexibility index (Phi) is 12.5. The Morgan fingerprint density at radius 2 is 1.72 bits per heavy atom. The largest absolute Gasteiger partial charge is 0.351 e. The maximum Gasteiger partial charge on any atom is 0.243 e. The van der Waals surface area contributed by atoms with Gasteiger partial charge in [0.25, 0.3) is 0 Å². The van der Waals surface area contributed by atoms with Crippen LogP contribution in [-0.2, 0) is 20.8 Å². The molecule has 3 rings (SSSR count). The molecule has 1 saturated heterocycles. The quantitative estimate of drug-likeness (QED) is 0.285. The third kappa shape index (κ3) is 9.66. The van der Waals surface area contributed by atoms with Crippen LogP contribution in [0.3, 0.4) is 0 Å². The van der Waals surface area contributed by atoms with Gasteiger partial charge < -0.3 is 20.9 Å². The van der Waals surface area contributed by atoms with Gasteiger partial charge in [0.05, 0.1) is 0 Å². The van der Waals surface area contributed by atoms with E-state index in [-0.39, 0.29) is 30.1 Å². The minimum atomic E-state index is -0.747. The Morgan fingerprint density at radius 3 is 2.41 bits per heavy atom. The van der Waals surface area contributed by atoms with E-state index in [0.29, 0.717) is 31.8 Å². The first-order valence-corrected chi connectivity index (χ1v) is 13.8. The normalized spacial score (nSPS) is 16.4. The third-order valence-corrected chi connectivity index (χ3v) is 6.72. The summed E-state index contributed by atoms with van der Waals surface area (Å²) in [5, 5.41) is 11.5. The summed E-state index contributed by atoms with van der Waals surface area (Å²) in [5.41, 5.74) is 0.396. The first kappa shape index (κ1) is 32.3. The maximum absolute atomic E-state index is 13.4. The lowest BCUT2D eigenvalue weighted by Crippen LogP contribution is -2.55. The van der Waals surface area contributed by atoms with Gasteiger partial charge in [-0.2, -0.15) is 0 Å². The molecule has 1 unspecified atom stereocenters. The van der Waals surface area contributed by atoms with E-state index in [1.54, 1.807) is 4.90 Å². The number of carbonyl (C=O) groups is 3. The van der Waals surface area contributed by atoms with Crippen LogP contribution in [0, 0.1) is 11.3 Å². The van der Waals surface area contributed by atoms with Crippen molar-refractivity contribution < 1.29 is 14.4 Å². The van der Waals surface area contributed by atoms with Gasteiger partial charge in [0, 0.05) is 31.5 Å². The minimum absolute atomic E-state index is 0. The van der Waals surface area contributed by atoms with E-state index in [4.69, 9.17) is 0 Å². The lowest BCUT2D eigenvalue weighted by Gasteiger charge is -2.31. The summed E-state index contributed by atoms with van der Waals surface area (Å²) in [6.07, 6.45) is 5.65. The van der Waals surface area contributed by atoms with Crippen molar-refractivity contribution in [1.29, 1.82) is 0 Å². The van der Waals surface area contributed by atoms with E-state index in [0.717, 1.165) is 35.8 Å². The van der Waals surface area contributed by atoms with Gasteiger partial charge in [-0.25, -0.2) is 0 Å². The van der Waals surface area contributed by atoms with E-state index >= 15 is 0 Å². The summed E-state index contributed by atoms with van der Waals surface area (Å²) in [6, 6.07) is 12.9. The Hall–Kier alpha value is -2.90. The SMILES string of the molecule is CC(C)CNC/C=C/CNC(=O)[C@@H](Cc1ccc2ccccc2c1)NC(=O)C1CCCN1C(=O)C(C)(C)C.Cl. The summed E-state index contributed by atoms with van der Waals surface area (Å²) >= 11 is 0. The van der Waals surface area contributed by atoms with Crippen molar-refractivity contribution in [2.24, 2.45) is 11.3 Å². The van der Waals surface area contributed by atoms with Crippen LogP contribution in [0.15, 0.2) is 54.6 Å². The standard InChI is InChI=1S/C31H44N4O3.ClH/c1-22(2)21-32-16-8-9-17-33-28(36)26(20-23-14-15-24-11-6-7-12-25(24)19-23)34-29(37)27-13-10-18-35(27)30(38)31(3,4)5;/h6-9,11-12,14-15,19,22,26-27,32H,10,13,16-18,20-21H2,1-5H3,(H,33,36)(H,34,37);1H/b9-8+;/t26-,27?;/m1./s1. The number of carbonyl (C=O) groups excluding carboxylic acids is 3. The lowest BCUT2D eigenvalue weighted by molar-refractivity contribution is -0.145. The van der Waals surface area contributed by atoms with E-state index in [9.17, 15) is 14.4 Å². The van der Waals surface area contributed by atoms with Gasteiger partial charge in [-0.3, -0.25) is 14.4 Å². The highest BCUT2D eigenvalue weighted by Gasteiger charge is 2.39. The van der Waals surface area contributed by atoms with Gasteiger partial charge in [0.15, 0.2) is 0 Å². The van der Waals surface area contributed by atoms with Crippen molar-refractivity contribution >= 4 is 40.9 Å². The first-order valence-electron chi connectivity index (χ1n) is 13.8. The summed E-state index contributed by atoms with van der Waals surface area (Å²) in [4.78, 5) is 41.3. The zero-order chi connectivity index (χ0) is 27.7. The highest BCUT2D eigenvalue weighted by Crippen LogP contribution is 2.26. The van der Waals surface area contributed by atoms with Crippen LogP contribution in [0.5, 0.6) is 0 Å². The highest BCUT2D eigenvalue weighted by atomic mass is 35.5. The molecule has 1 fully saturated rings. The molecule has 2 aromatic carbocycles. The average molecular weight is 557 g/mol. The summed E-state index contributed by atoms with van der Waals surface area (Å²) < 4.78 is 0. The first-order chi connectivity index (χ1) is 18.1. The van der Waals surface area contributed by atoms with Crippen molar-refractivity contribution in [3.05, 3.63) is 60.2 Å². The highest BCUT2D eigenvalue weighted by molar-refractivity contribution is 5.93. The number of nitrogens with zero attached hydrogens (tertiary/aromatic N) is 1. The van der Waals surface area contributed by atoms with Crippen molar-refractivity contribution in [1.82, 2.24) is 20.9 Å². The number of halogens is 1. The number of rotatable bonds is 11. The minimum Gasteiger partial charge on any atom is -0.351 e. The second-order valence-electron chi connectivity index (χ2n) is 11.6. The van der Waals surface area contributed by atoms with Gasteiger partial charge in [-0.15, -0.1) is 12.4 Å². The van der Waals surface area contributed by atoms with Crippen LogP contribution >= 0.6 is 12.4 Å². The number of hydrogen-bond donors (Lipinski definition) is 3. The van der Waals surface area contributed by atoms with Gasteiger partial charge in [0.1, 0.15) is 12.1 Å². The molecule has 0 bridgehead atoms. The van der Waals surface area contributed by atoms with Crippen molar-refractivity contribution in [2.75, 3.05) is 26.2 Å². The third-order valence-electron chi connectivity index (χ3n) is 6.72. The zero-order valence-corrected chi connectivity index (χ0v) is 24.8. The fraction of sp³-hybridized carbons (Fsp3) is 0.516. The molecular formula is C31H45ClN4O3. The van der Waals surface area contributed by atoms with Crippen molar-refractivity contribution in [2.45, 2.75) is 66.0 Å². The molecule has 0 aliphatic carbocycles. The molecule has 1 heterocycles. The van der Waals surface area contributed by atoms with Crippen LogP contribution < -0.4 is 16.0 Å². The number of fused-ring (bicyclic) bond motifs is 1. The molecule has 0 radical (unpaired) electrons. The Morgan fingerprint density at radius 1 is 1.03 bits per heavy atom. The van der Waals surface area contributed by atoms with Gasteiger partial charge in [-0.05, 0) is 41.6 Å². The van der Waals surface area contributed by atoms with Crippen LogP contribution in [0.25, 0.3) is 10.8 Å². The van der Waals surface area contributed by atoms with Crippen molar-refractivity contribution in [3.63, 3.8) is 0 Å². The van der Waals surface area contributed by atoms with E-state index in [1.807, 2.05) is 69.3 Å². The fourth-order valence-electron chi connectivity index (χ4n) is 4.70. The summed E-state index contributed by atoms with van der Waals surface area (Å²) in [7, 11) is 0. The molecular weight excluding hydrogens is 512 g/mol. The number of nitrogens with one attached hydrogen (secondary N) is 3. The second kappa shape index (κ2) is 15.0. The number of amides is 3. The Bertz CT molecular complexity index is 1140. The number of hydrogen-bond acceptors (Lipinski definition) is 4. The molecule has 0 aromatic heterocycles. The molecule has 7 nitrogen and oxygen atoms in total. The molecule has 0 spiro atoms. The van der Waals surface area contributed by atoms with Gasteiger partial charge in [0.2, 0.25) is 17.7 Å². The maximum atomic E-state index is 13.4. The number of likely N-dealkylation sites (tertiary alicyclic amines) is 1.